The predicted molar refractivity (Wildman–Crippen MR) is 67.5 cm³/mol. The number of amides is 2. The Labute approximate surface area is 115 Å². The van der Waals surface area contributed by atoms with Gasteiger partial charge >= 0.3 is 12.1 Å². The highest BCUT2D eigenvalue weighted by Gasteiger charge is 2.47. The second kappa shape index (κ2) is 5.60. The number of rotatable bonds is 4. The number of esters is 1. The Bertz CT molecular complexity index is 531. The number of β-lactam (4-membered cyclic amide) rings is 1. The van der Waals surface area contributed by atoms with Crippen molar-refractivity contribution >= 4 is 18.0 Å². The van der Waals surface area contributed by atoms with E-state index in [1.54, 1.807) is 24.3 Å². The standard InChI is InChI=1S/C13H14N2O5/c1-8(16)20-12-10(11(17)14-12)15(13(18)19)7-9-5-3-2-4-6-9/h2-6,10,12H,7H2,1H3,(H,14,17)(H,18,19)/t10-,12+/m1/s1. The van der Waals surface area contributed by atoms with Gasteiger partial charge in [-0.1, -0.05) is 30.3 Å². The van der Waals surface area contributed by atoms with E-state index in [1.165, 1.54) is 6.92 Å². The van der Waals surface area contributed by atoms with Crippen LogP contribution in [0.25, 0.3) is 0 Å². The second-order valence-electron chi connectivity index (χ2n) is 4.38. The first-order valence-corrected chi connectivity index (χ1v) is 6.00. The first-order valence-electron chi connectivity index (χ1n) is 6.00. The molecule has 0 radical (unpaired) electrons. The summed E-state index contributed by atoms with van der Waals surface area (Å²) in [4.78, 5) is 34.7. The van der Waals surface area contributed by atoms with Gasteiger partial charge in [0.25, 0.3) is 5.91 Å². The fourth-order valence-electron chi connectivity index (χ4n) is 1.99. The zero-order valence-corrected chi connectivity index (χ0v) is 10.8. The molecule has 1 saturated heterocycles. The van der Waals surface area contributed by atoms with Gasteiger partial charge in [0.2, 0.25) is 6.23 Å². The van der Waals surface area contributed by atoms with Crippen molar-refractivity contribution in [2.24, 2.45) is 0 Å². The van der Waals surface area contributed by atoms with E-state index < -0.39 is 30.2 Å². The lowest BCUT2D eigenvalue weighted by atomic mass is 10.1. The third-order valence-corrected chi connectivity index (χ3v) is 2.91. The van der Waals surface area contributed by atoms with E-state index in [0.717, 1.165) is 10.5 Å². The van der Waals surface area contributed by atoms with Crippen molar-refractivity contribution in [3.8, 4) is 0 Å². The summed E-state index contributed by atoms with van der Waals surface area (Å²) in [5.74, 6) is -1.06. The maximum atomic E-state index is 11.6. The van der Waals surface area contributed by atoms with Gasteiger partial charge in [-0.25, -0.2) is 4.79 Å². The van der Waals surface area contributed by atoms with Crippen LogP contribution in [0.2, 0.25) is 0 Å². The molecule has 0 spiro atoms. The summed E-state index contributed by atoms with van der Waals surface area (Å²) in [5.41, 5.74) is 0.746. The monoisotopic (exact) mass is 278 g/mol. The highest BCUT2D eigenvalue weighted by Crippen LogP contribution is 2.19. The van der Waals surface area contributed by atoms with E-state index in [1.807, 2.05) is 6.07 Å². The average Bonchev–Trinajstić information content (AvgIpc) is 2.38. The first-order chi connectivity index (χ1) is 9.49. The van der Waals surface area contributed by atoms with Crippen molar-refractivity contribution in [2.45, 2.75) is 25.7 Å². The quantitative estimate of drug-likeness (QED) is 0.619. The fraction of sp³-hybridized carbons (Fsp3) is 0.308. The van der Waals surface area contributed by atoms with Gasteiger partial charge in [-0.05, 0) is 5.56 Å². The second-order valence-corrected chi connectivity index (χ2v) is 4.38. The molecule has 1 aliphatic heterocycles. The van der Waals surface area contributed by atoms with Crippen molar-refractivity contribution < 1.29 is 24.2 Å². The van der Waals surface area contributed by atoms with Gasteiger partial charge in [0, 0.05) is 6.92 Å². The van der Waals surface area contributed by atoms with E-state index in [-0.39, 0.29) is 6.54 Å². The van der Waals surface area contributed by atoms with Gasteiger partial charge in [-0.2, -0.15) is 0 Å². The third kappa shape index (κ3) is 2.87. The van der Waals surface area contributed by atoms with Crippen LogP contribution in [-0.4, -0.2) is 40.2 Å². The average molecular weight is 278 g/mol. The summed E-state index contributed by atoms with van der Waals surface area (Å²) in [6.07, 6.45) is -2.18. The minimum atomic E-state index is -1.24. The van der Waals surface area contributed by atoms with E-state index in [2.05, 4.69) is 5.32 Å². The van der Waals surface area contributed by atoms with Crippen molar-refractivity contribution in [3.05, 3.63) is 35.9 Å². The summed E-state index contributed by atoms with van der Waals surface area (Å²) in [5, 5.41) is 11.6. The molecule has 0 aromatic heterocycles. The maximum absolute atomic E-state index is 11.6. The minimum Gasteiger partial charge on any atom is -0.465 e. The number of benzene rings is 1. The summed E-state index contributed by atoms with van der Waals surface area (Å²) in [7, 11) is 0. The van der Waals surface area contributed by atoms with Crippen molar-refractivity contribution in [1.82, 2.24) is 10.2 Å². The lowest BCUT2D eigenvalue weighted by Gasteiger charge is -2.41. The van der Waals surface area contributed by atoms with Crippen LogP contribution in [0.4, 0.5) is 4.79 Å². The molecule has 7 nitrogen and oxygen atoms in total. The Balaban J connectivity index is 2.13. The molecule has 7 heteroatoms. The van der Waals surface area contributed by atoms with Gasteiger partial charge in [0.15, 0.2) is 6.04 Å². The molecule has 1 aromatic carbocycles. The minimum absolute atomic E-state index is 0.0476. The molecule has 20 heavy (non-hydrogen) atoms. The summed E-state index contributed by atoms with van der Waals surface area (Å²) in [6.45, 7) is 1.25. The molecular weight excluding hydrogens is 264 g/mol. The van der Waals surface area contributed by atoms with Crippen molar-refractivity contribution in [1.29, 1.82) is 0 Å². The van der Waals surface area contributed by atoms with Crippen LogP contribution in [-0.2, 0) is 20.9 Å². The molecule has 0 saturated carbocycles. The molecule has 2 rings (SSSR count). The zero-order chi connectivity index (χ0) is 14.7. The molecule has 1 aromatic rings. The number of ether oxygens (including phenoxy) is 1. The molecule has 2 atom stereocenters. The largest absolute Gasteiger partial charge is 0.465 e. The number of carbonyl (C=O) groups is 3. The molecule has 2 N–H and O–H groups in total. The molecule has 0 aliphatic carbocycles. The van der Waals surface area contributed by atoms with Gasteiger partial charge in [0.1, 0.15) is 0 Å². The molecule has 1 fully saturated rings. The topological polar surface area (TPSA) is 95.9 Å². The van der Waals surface area contributed by atoms with Gasteiger partial charge in [-0.15, -0.1) is 0 Å². The lowest BCUT2D eigenvalue weighted by molar-refractivity contribution is -0.168. The van der Waals surface area contributed by atoms with Gasteiger partial charge in [0.05, 0.1) is 6.54 Å². The molecule has 0 bridgehead atoms. The summed E-state index contributed by atoms with van der Waals surface area (Å²) < 4.78 is 4.86. The van der Waals surface area contributed by atoms with E-state index >= 15 is 0 Å². The Kier molecular flexibility index (Phi) is 3.88. The first kappa shape index (κ1) is 13.9. The number of nitrogens with one attached hydrogen (secondary N) is 1. The van der Waals surface area contributed by atoms with Crippen molar-refractivity contribution in [2.75, 3.05) is 0 Å². The van der Waals surface area contributed by atoms with Crippen LogP contribution in [0.15, 0.2) is 30.3 Å². The maximum Gasteiger partial charge on any atom is 0.408 e. The lowest BCUT2D eigenvalue weighted by Crippen LogP contribution is -2.70. The SMILES string of the molecule is CC(=O)O[C@@H]1NC(=O)[C@H]1N(Cc1ccccc1)C(=O)O. The van der Waals surface area contributed by atoms with Crippen LogP contribution in [0.1, 0.15) is 12.5 Å². The number of hydrogen-bond donors (Lipinski definition) is 2. The van der Waals surface area contributed by atoms with Crippen LogP contribution in [0, 0.1) is 0 Å². The highest BCUT2D eigenvalue weighted by molar-refractivity contribution is 5.92. The molecule has 106 valence electrons. The van der Waals surface area contributed by atoms with E-state index in [4.69, 9.17) is 4.74 Å². The van der Waals surface area contributed by atoms with E-state index in [9.17, 15) is 19.5 Å². The normalized spacial score (nSPS) is 20.6. The number of carboxylic acid groups (broad SMARTS) is 1. The number of carbonyl (C=O) groups excluding carboxylic acids is 2. The summed E-state index contributed by atoms with van der Waals surface area (Å²) >= 11 is 0. The Morgan fingerprint density at radius 1 is 1.35 bits per heavy atom. The smallest absolute Gasteiger partial charge is 0.408 e. The predicted octanol–water partition coefficient (Wildman–Crippen LogP) is 0.554. The molecule has 0 unspecified atom stereocenters. The fourth-order valence-corrected chi connectivity index (χ4v) is 1.99. The van der Waals surface area contributed by atoms with Gasteiger partial charge < -0.3 is 15.2 Å². The number of nitrogens with zero attached hydrogens (tertiary/aromatic N) is 1. The van der Waals surface area contributed by atoms with Crippen LogP contribution >= 0.6 is 0 Å². The van der Waals surface area contributed by atoms with E-state index in [0.29, 0.717) is 0 Å². The van der Waals surface area contributed by atoms with Gasteiger partial charge in [-0.3, -0.25) is 14.5 Å². The Morgan fingerprint density at radius 3 is 2.50 bits per heavy atom. The highest BCUT2D eigenvalue weighted by atomic mass is 16.6. The molecule has 1 heterocycles. The van der Waals surface area contributed by atoms with Crippen LogP contribution < -0.4 is 5.32 Å². The van der Waals surface area contributed by atoms with Crippen LogP contribution in [0.3, 0.4) is 0 Å². The molecule has 1 aliphatic rings. The van der Waals surface area contributed by atoms with Crippen LogP contribution in [0.5, 0.6) is 0 Å². The zero-order valence-electron chi connectivity index (χ0n) is 10.8. The molecule has 2 amide bonds. The Hall–Kier alpha value is -2.57. The van der Waals surface area contributed by atoms with Crippen molar-refractivity contribution in [3.63, 3.8) is 0 Å². The Morgan fingerprint density at radius 2 is 2.00 bits per heavy atom. The third-order valence-electron chi connectivity index (χ3n) is 2.91. The summed E-state index contributed by atoms with van der Waals surface area (Å²) in [6, 6.07) is 7.86. The number of hydrogen-bond acceptors (Lipinski definition) is 4. The molecular formula is C13H14N2O5.